The van der Waals surface area contributed by atoms with Crippen LogP contribution in [-0.4, -0.2) is 39.9 Å². The van der Waals surface area contributed by atoms with Crippen LogP contribution >= 0.6 is 11.3 Å². The molecular formula is C21H23N5O3S. The first-order valence-corrected chi connectivity index (χ1v) is 10.5. The number of carbonyl (C=O) groups is 2. The van der Waals surface area contributed by atoms with Crippen LogP contribution in [0.2, 0.25) is 0 Å². The van der Waals surface area contributed by atoms with E-state index in [1.54, 1.807) is 13.0 Å². The molecule has 0 saturated carbocycles. The number of hydrogen-bond donors (Lipinski definition) is 2. The SMILES string of the molecule is Cc1ccc(NC(=O)CN2CCc3nc(NC(=O)c4cc(C)on4)sc3C2)c(C)c1. The molecular weight excluding hydrogens is 402 g/mol. The Hall–Kier alpha value is -3.04. The number of amides is 2. The number of fused-ring (bicyclic) bond motifs is 1. The molecule has 1 aliphatic rings. The number of hydrogen-bond acceptors (Lipinski definition) is 7. The third-order valence-corrected chi connectivity index (χ3v) is 5.91. The summed E-state index contributed by atoms with van der Waals surface area (Å²) in [7, 11) is 0. The van der Waals surface area contributed by atoms with Crippen molar-refractivity contribution in [1.29, 1.82) is 0 Å². The first-order valence-electron chi connectivity index (χ1n) is 9.70. The van der Waals surface area contributed by atoms with E-state index in [1.165, 1.54) is 16.9 Å². The third-order valence-electron chi connectivity index (χ3n) is 4.91. The monoisotopic (exact) mass is 425 g/mol. The van der Waals surface area contributed by atoms with Gasteiger partial charge in [-0.05, 0) is 32.4 Å². The van der Waals surface area contributed by atoms with Crippen LogP contribution < -0.4 is 10.6 Å². The summed E-state index contributed by atoms with van der Waals surface area (Å²) >= 11 is 1.43. The molecule has 1 aromatic carbocycles. The van der Waals surface area contributed by atoms with Crippen molar-refractivity contribution < 1.29 is 14.1 Å². The fourth-order valence-corrected chi connectivity index (χ4v) is 4.46. The maximum Gasteiger partial charge on any atom is 0.279 e. The van der Waals surface area contributed by atoms with Gasteiger partial charge in [0.1, 0.15) is 5.76 Å². The lowest BCUT2D eigenvalue weighted by molar-refractivity contribution is -0.117. The van der Waals surface area contributed by atoms with Gasteiger partial charge in [0.15, 0.2) is 10.8 Å². The minimum Gasteiger partial charge on any atom is -0.361 e. The number of anilines is 2. The Labute approximate surface area is 178 Å². The van der Waals surface area contributed by atoms with Gasteiger partial charge in [-0.15, -0.1) is 11.3 Å². The number of nitrogens with zero attached hydrogens (tertiary/aromatic N) is 3. The second-order valence-electron chi connectivity index (χ2n) is 7.49. The highest BCUT2D eigenvalue weighted by molar-refractivity contribution is 7.15. The molecule has 0 spiro atoms. The van der Waals surface area contributed by atoms with Gasteiger partial charge in [0, 0.05) is 36.1 Å². The Morgan fingerprint density at radius 2 is 2.03 bits per heavy atom. The molecule has 8 nitrogen and oxygen atoms in total. The summed E-state index contributed by atoms with van der Waals surface area (Å²) in [5.41, 5.74) is 4.26. The molecule has 3 aromatic rings. The van der Waals surface area contributed by atoms with Crippen molar-refractivity contribution in [3.8, 4) is 0 Å². The average Bonchev–Trinajstić information content (AvgIpc) is 3.29. The molecule has 0 radical (unpaired) electrons. The predicted octanol–water partition coefficient (Wildman–Crippen LogP) is 3.31. The zero-order valence-electron chi connectivity index (χ0n) is 17.1. The summed E-state index contributed by atoms with van der Waals surface area (Å²) in [5.74, 6) is 0.195. The minimum absolute atomic E-state index is 0.0372. The summed E-state index contributed by atoms with van der Waals surface area (Å²) in [6.45, 7) is 7.44. The Morgan fingerprint density at radius 1 is 1.20 bits per heavy atom. The van der Waals surface area contributed by atoms with Gasteiger partial charge in [-0.2, -0.15) is 0 Å². The van der Waals surface area contributed by atoms with Gasteiger partial charge in [0.2, 0.25) is 5.91 Å². The van der Waals surface area contributed by atoms with Gasteiger partial charge < -0.3 is 9.84 Å². The van der Waals surface area contributed by atoms with Crippen LogP contribution in [0.1, 0.15) is 37.9 Å². The Bertz CT molecular complexity index is 1100. The van der Waals surface area contributed by atoms with Gasteiger partial charge in [-0.1, -0.05) is 22.9 Å². The average molecular weight is 426 g/mol. The summed E-state index contributed by atoms with van der Waals surface area (Å²) in [5, 5.41) is 10.0. The van der Waals surface area contributed by atoms with Crippen LogP contribution in [-0.2, 0) is 17.8 Å². The third kappa shape index (κ3) is 4.58. The summed E-state index contributed by atoms with van der Waals surface area (Å²) in [6.07, 6.45) is 0.738. The largest absolute Gasteiger partial charge is 0.361 e. The molecule has 0 unspecified atom stereocenters. The van der Waals surface area contributed by atoms with Crippen molar-refractivity contribution in [3.63, 3.8) is 0 Å². The minimum atomic E-state index is -0.345. The summed E-state index contributed by atoms with van der Waals surface area (Å²) < 4.78 is 4.94. The van der Waals surface area contributed by atoms with Crippen molar-refractivity contribution >= 4 is 34.0 Å². The zero-order chi connectivity index (χ0) is 21.3. The van der Waals surface area contributed by atoms with E-state index in [-0.39, 0.29) is 17.5 Å². The Morgan fingerprint density at radius 3 is 2.77 bits per heavy atom. The smallest absolute Gasteiger partial charge is 0.279 e. The van der Waals surface area contributed by atoms with Gasteiger partial charge >= 0.3 is 0 Å². The normalized spacial score (nSPS) is 13.7. The Balaban J connectivity index is 1.35. The molecule has 1 aliphatic heterocycles. The highest BCUT2D eigenvalue weighted by Crippen LogP contribution is 2.28. The van der Waals surface area contributed by atoms with Crippen molar-refractivity contribution in [2.45, 2.75) is 33.7 Å². The van der Waals surface area contributed by atoms with E-state index < -0.39 is 0 Å². The molecule has 2 aromatic heterocycles. The van der Waals surface area contributed by atoms with Crippen molar-refractivity contribution in [2.75, 3.05) is 23.7 Å². The van der Waals surface area contributed by atoms with E-state index in [2.05, 4.69) is 31.7 Å². The molecule has 0 aliphatic carbocycles. The molecule has 0 atom stereocenters. The standard InChI is InChI=1S/C21H23N5O3S/c1-12-4-5-15(13(2)8-12)22-19(27)11-26-7-6-16-18(10-26)30-21(23-16)24-20(28)17-9-14(3)29-25-17/h4-5,8-9H,6-7,10-11H2,1-3H3,(H,22,27)(H,23,24,28). The highest BCUT2D eigenvalue weighted by Gasteiger charge is 2.23. The number of benzene rings is 1. The first-order chi connectivity index (χ1) is 14.4. The lowest BCUT2D eigenvalue weighted by Gasteiger charge is -2.25. The topological polar surface area (TPSA) is 100 Å². The molecule has 4 rings (SSSR count). The molecule has 156 valence electrons. The number of aromatic nitrogens is 2. The molecule has 30 heavy (non-hydrogen) atoms. The van der Waals surface area contributed by atoms with Crippen LogP contribution in [0.25, 0.3) is 0 Å². The molecule has 3 heterocycles. The molecule has 0 fully saturated rings. The molecule has 0 bridgehead atoms. The predicted molar refractivity (Wildman–Crippen MR) is 115 cm³/mol. The van der Waals surface area contributed by atoms with Crippen molar-refractivity contribution in [3.05, 3.63) is 57.4 Å². The lowest BCUT2D eigenvalue weighted by Crippen LogP contribution is -2.36. The van der Waals surface area contributed by atoms with Crippen LogP contribution in [0.5, 0.6) is 0 Å². The number of nitrogens with one attached hydrogen (secondary N) is 2. The van der Waals surface area contributed by atoms with E-state index in [1.807, 2.05) is 26.0 Å². The number of thiazole rings is 1. The van der Waals surface area contributed by atoms with E-state index >= 15 is 0 Å². The number of aryl methyl sites for hydroxylation is 3. The van der Waals surface area contributed by atoms with E-state index in [9.17, 15) is 9.59 Å². The van der Waals surface area contributed by atoms with Crippen LogP contribution in [0, 0.1) is 20.8 Å². The summed E-state index contributed by atoms with van der Waals surface area (Å²) in [6, 6.07) is 7.56. The fourth-order valence-electron chi connectivity index (χ4n) is 3.42. The molecule has 2 amide bonds. The van der Waals surface area contributed by atoms with Crippen molar-refractivity contribution in [2.24, 2.45) is 0 Å². The van der Waals surface area contributed by atoms with Gasteiger partial charge in [-0.25, -0.2) is 4.98 Å². The van der Waals surface area contributed by atoms with Gasteiger partial charge in [0.25, 0.3) is 5.91 Å². The highest BCUT2D eigenvalue weighted by atomic mass is 32.1. The second-order valence-corrected chi connectivity index (χ2v) is 8.58. The second kappa shape index (κ2) is 8.37. The number of rotatable bonds is 5. The Kier molecular flexibility index (Phi) is 5.65. The van der Waals surface area contributed by atoms with Crippen LogP contribution in [0.4, 0.5) is 10.8 Å². The van der Waals surface area contributed by atoms with E-state index in [4.69, 9.17) is 4.52 Å². The van der Waals surface area contributed by atoms with Gasteiger partial charge in [-0.3, -0.25) is 19.8 Å². The molecule has 0 saturated heterocycles. The molecule has 2 N–H and O–H groups in total. The fraction of sp³-hybridized carbons (Fsp3) is 0.333. The quantitative estimate of drug-likeness (QED) is 0.651. The number of carbonyl (C=O) groups excluding carboxylic acids is 2. The van der Waals surface area contributed by atoms with Gasteiger partial charge in [0.05, 0.1) is 12.2 Å². The lowest BCUT2D eigenvalue weighted by atomic mass is 10.1. The maximum absolute atomic E-state index is 12.5. The van der Waals surface area contributed by atoms with Crippen molar-refractivity contribution in [1.82, 2.24) is 15.0 Å². The van der Waals surface area contributed by atoms with E-state index in [0.29, 0.717) is 24.0 Å². The van der Waals surface area contributed by atoms with Crippen LogP contribution in [0.3, 0.4) is 0 Å². The molecule has 9 heteroatoms. The van der Waals surface area contributed by atoms with Crippen LogP contribution in [0.15, 0.2) is 28.8 Å². The maximum atomic E-state index is 12.5. The van der Waals surface area contributed by atoms with E-state index in [0.717, 1.165) is 34.8 Å². The zero-order valence-corrected chi connectivity index (χ0v) is 17.9. The summed E-state index contributed by atoms with van der Waals surface area (Å²) in [4.78, 5) is 32.4. The first kappa shape index (κ1) is 20.2.